The minimum Gasteiger partial charge on any atom is -0.496 e. The lowest BCUT2D eigenvalue weighted by molar-refractivity contribution is 0.395. The van der Waals surface area contributed by atoms with Gasteiger partial charge in [-0.3, -0.25) is 0 Å². The van der Waals surface area contributed by atoms with Crippen LogP contribution in [0.1, 0.15) is 18.1 Å². The molecule has 17 heavy (non-hydrogen) atoms. The molecular weight excluding hydrogens is 234 g/mol. The maximum absolute atomic E-state index is 5.84. The van der Waals surface area contributed by atoms with Gasteiger partial charge in [-0.2, -0.15) is 11.8 Å². The molecule has 3 nitrogen and oxygen atoms in total. The van der Waals surface area contributed by atoms with Crippen molar-refractivity contribution in [1.29, 1.82) is 0 Å². The lowest BCUT2D eigenvalue weighted by atomic mass is 10.0. The summed E-state index contributed by atoms with van der Waals surface area (Å²) in [7, 11) is 3.39. The Balaban J connectivity index is 3.12. The van der Waals surface area contributed by atoms with E-state index in [1.807, 2.05) is 19.1 Å². The number of hydrogen-bond donors (Lipinski definition) is 1. The first-order chi connectivity index (χ1) is 8.12. The maximum atomic E-state index is 5.84. The van der Waals surface area contributed by atoms with Crippen LogP contribution in [-0.2, 0) is 12.2 Å². The van der Waals surface area contributed by atoms with Crippen LogP contribution in [0.25, 0.3) is 0 Å². The zero-order valence-electron chi connectivity index (χ0n) is 10.9. The minimum absolute atomic E-state index is 0.111. The van der Waals surface area contributed by atoms with Crippen molar-refractivity contribution in [3.63, 3.8) is 0 Å². The Morgan fingerprint density at radius 1 is 1.18 bits per heavy atom. The predicted octanol–water partition coefficient (Wildman–Crippen LogP) is 2.46. The van der Waals surface area contributed by atoms with Crippen molar-refractivity contribution in [3.8, 4) is 11.5 Å². The summed E-state index contributed by atoms with van der Waals surface area (Å²) in [6, 6.07) is 4.20. The highest BCUT2D eigenvalue weighted by atomic mass is 32.2. The van der Waals surface area contributed by atoms with E-state index in [2.05, 4.69) is 6.26 Å². The van der Waals surface area contributed by atoms with Gasteiger partial charge in [-0.15, -0.1) is 0 Å². The monoisotopic (exact) mass is 255 g/mol. The Morgan fingerprint density at radius 2 is 1.71 bits per heavy atom. The molecule has 1 aromatic rings. The molecule has 0 amide bonds. The van der Waals surface area contributed by atoms with E-state index in [1.54, 1.807) is 26.0 Å². The van der Waals surface area contributed by atoms with Gasteiger partial charge in [0.15, 0.2) is 0 Å². The molecule has 2 N–H and O–H groups in total. The van der Waals surface area contributed by atoms with Crippen molar-refractivity contribution in [2.45, 2.75) is 25.1 Å². The van der Waals surface area contributed by atoms with E-state index in [0.29, 0.717) is 0 Å². The highest BCUT2D eigenvalue weighted by Gasteiger charge is 2.12. The van der Waals surface area contributed by atoms with Crippen LogP contribution >= 0.6 is 11.8 Å². The van der Waals surface area contributed by atoms with E-state index in [-0.39, 0.29) is 6.04 Å². The molecule has 0 heterocycles. The van der Waals surface area contributed by atoms with Gasteiger partial charge in [0, 0.05) is 17.4 Å². The first-order valence-electron chi connectivity index (χ1n) is 5.60. The molecule has 1 atom stereocenters. The minimum atomic E-state index is 0.111. The van der Waals surface area contributed by atoms with Gasteiger partial charge >= 0.3 is 0 Å². The number of benzene rings is 1. The predicted molar refractivity (Wildman–Crippen MR) is 74.1 cm³/mol. The average Bonchev–Trinajstić information content (AvgIpc) is 2.30. The van der Waals surface area contributed by atoms with Gasteiger partial charge in [0.25, 0.3) is 0 Å². The third-order valence-electron chi connectivity index (χ3n) is 2.53. The fourth-order valence-electron chi connectivity index (χ4n) is 1.80. The molecule has 0 spiro atoms. The maximum Gasteiger partial charge on any atom is 0.123 e. The molecule has 0 radical (unpaired) electrons. The SMILES string of the molecule is COc1cc(CC(C)N)c(OC)cc1CSC. The molecule has 0 fully saturated rings. The normalized spacial score (nSPS) is 12.3. The standard InChI is InChI=1S/C13H21NO2S/c1-9(14)5-10-6-13(16-3)11(8-17-4)7-12(10)15-2/h6-7,9H,5,8,14H2,1-4H3. The second-order valence-electron chi connectivity index (χ2n) is 4.09. The Morgan fingerprint density at radius 3 is 2.18 bits per heavy atom. The zero-order valence-corrected chi connectivity index (χ0v) is 11.8. The third kappa shape index (κ3) is 3.82. The molecule has 1 unspecified atom stereocenters. The van der Waals surface area contributed by atoms with E-state index >= 15 is 0 Å². The van der Waals surface area contributed by atoms with Gasteiger partial charge in [-0.1, -0.05) is 0 Å². The summed E-state index contributed by atoms with van der Waals surface area (Å²) >= 11 is 1.76. The summed E-state index contributed by atoms with van der Waals surface area (Å²) in [5.74, 6) is 2.72. The molecule has 0 aliphatic rings. The van der Waals surface area contributed by atoms with Crippen LogP contribution in [0.3, 0.4) is 0 Å². The molecular formula is C13H21NO2S. The van der Waals surface area contributed by atoms with Crippen LogP contribution in [0.5, 0.6) is 11.5 Å². The Hall–Kier alpha value is -0.870. The molecule has 1 rings (SSSR count). The second kappa shape index (κ2) is 6.77. The second-order valence-corrected chi connectivity index (χ2v) is 4.96. The highest BCUT2D eigenvalue weighted by Crippen LogP contribution is 2.31. The van der Waals surface area contributed by atoms with Crippen molar-refractivity contribution < 1.29 is 9.47 Å². The molecule has 4 heteroatoms. The lowest BCUT2D eigenvalue weighted by Crippen LogP contribution is -2.18. The number of nitrogens with two attached hydrogens (primary N) is 1. The molecule has 0 saturated heterocycles. The highest BCUT2D eigenvalue weighted by molar-refractivity contribution is 7.97. The van der Waals surface area contributed by atoms with Gasteiger partial charge in [-0.25, -0.2) is 0 Å². The Labute approximate surface area is 108 Å². The largest absolute Gasteiger partial charge is 0.496 e. The molecule has 0 aromatic heterocycles. The number of thioether (sulfide) groups is 1. The van der Waals surface area contributed by atoms with Crippen molar-refractivity contribution in [3.05, 3.63) is 23.3 Å². The summed E-state index contributed by atoms with van der Waals surface area (Å²) in [6.45, 7) is 1.99. The topological polar surface area (TPSA) is 44.5 Å². The number of methoxy groups -OCH3 is 2. The van der Waals surface area contributed by atoms with Crippen molar-refractivity contribution in [2.24, 2.45) is 5.73 Å². The van der Waals surface area contributed by atoms with E-state index in [0.717, 1.165) is 34.8 Å². The van der Waals surface area contributed by atoms with Crippen molar-refractivity contribution in [2.75, 3.05) is 20.5 Å². The molecule has 0 saturated carbocycles. The molecule has 1 aromatic carbocycles. The fraction of sp³-hybridized carbons (Fsp3) is 0.538. The van der Waals surface area contributed by atoms with E-state index < -0.39 is 0 Å². The average molecular weight is 255 g/mol. The summed E-state index contributed by atoms with van der Waals surface area (Å²) in [5.41, 5.74) is 8.09. The molecule has 96 valence electrons. The van der Waals surface area contributed by atoms with E-state index in [1.165, 1.54) is 0 Å². The first-order valence-corrected chi connectivity index (χ1v) is 7.00. The number of ether oxygens (including phenoxy) is 2. The quantitative estimate of drug-likeness (QED) is 0.848. The lowest BCUT2D eigenvalue weighted by Gasteiger charge is -2.15. The Bertz CT molecular complexity index is 367. The van der Waals surface area contributed by atoms with Crippen LogP contribution in [0.4, 0.5) is 0 Å². The summed E-state index contributed by atoms with van der Waals surface area (Å²) in [5, 5.41) is 0. The summed E-state index contributed by atoms with van der Waals surface area (Å²) in [4.78, 5) is 0. The summed E-state index contributed by atoms with van der Waals surface area (Å²) < 4.78 is 10.8. The smallest absolute Gasteiger partial charge is 0.123 e. The molecule has 0 aliphatic carbocycles. The van der Waals surface area contributed by atoms with Crippen LogP contribution < -0.4 is 15.2 Å². The van der Waals surface area contributed by atoms with E-state index in [9.17, 15) is 0 Å². The van der Waals surface area contributed by atoms with Crippen molar-refractivity contribution in [1.82, 2.24) is 0 Å². The number of hydrogen-bond acceptors (Lipinski definition) is 4. The van der Waals surface area contributed by atoms with Crippen molar-refractivity contribution >= 4 is 11.8 Å². The molecule has 0 aliphatic heterocycles. The fourth-order valence-corrected chi connectivity index (χ4v) is 2.34. The van der Waals surface area contributed by atoms with Crippen LogP contribution in [0, 0.1) is 0 Å². The van der Waals surface area contributed by atoms with Crippen LogP contribution in [0.15, 0.2) is 12.1 Å². The van der Waals surface area contributed by atoms with Gasteiger partial charge in [0.2, 0.25) is 0 Å². The van der Waals surface area contributed by atoms with Crippen LogP contribution in [-0.4, -0.2) is 26.5 Å². The van der Waals surface area contributed by atoms with E-state index in [4.69, 9.17) is 15.2 Å². The molecule has 0 bridgehead atoms. The first kappa shape index (κ1) is 14.2. The zero-order chi connectivity index (χ0) is 12.8. The number of rotatable bonds is 6. The van der Waals surface area contributed by atoms with Crippen LogP contribution in [0.2, 0.25) is 0 Å². The summed E-state index contributed by atoms with van der Waals surface area (Å²) in [6.07, 6.45) is 2.86. The van der Waals surface area contributed by atoms with Gasteiger partial charge in [-0.05, 0) is 37.3 Å². The van der Waals surface area contributed by atoms with Gasteiger partial charge < -0.3 is 15.2 Å². The Kier molecular flexibility index (Phi) is 5.65. The van der Waals surface area contributed by atoms with Gasteiger partial charge in [0.1, 0.15) is 11.5 Å². The third-order valence-corrected chi connectivity index (χ3v) is 3.12. The van der Waals surface area contributed by atoms with Gasteiger partial charge in [0.05, 0.1) is 14.2 Å².